The van der Waals surface area contributed by atoms with Gasteiger partial charge in [0, 0.05) is 17.1 Å². The van der Waals surface area contributed by atoms with Crippen molar-refractivity contribution in [3.63, 3.8) is 0 Å². The summed E-state index contributed by atoms with van der Waals surface area (Å²) in [4.78, 5) is 27.5. The number of anilines is 1. The minimum atomic E-state index is -1.09. The third-order valence-electron chi connectivity index (χ3n) is 4.10. The Morgan fingerprint density at radius 1 is 1.17 bits per heavy atom. The lowest BCUT2D eigenvalue weighted by molar-refractivity contribution is -0.136. The summed E-state index contributed by atoms with van der Waals surface area (Å²) in [5.74, 6) is -0.261. The lowest BCUT2D eigenvalue weighted by Gasteiger charge is -2.16. The molecule has 0 fully saturated rings. The number of ether oxygens (including phenoxy) is 1. The maximum absolute atomic E-state index is 12.5. The number of hydrogen-bond acceptors (Lipinski definition) is 6. The van der Waals surface area contributed by atoms with Gasteiger partial charge in [-0.1, -0.05) is 28.9 Å². The number of aromatic nitrogens is 2. The lowest BCUT2D eigenvalue weighted by atomic mass is 10.1. The number of halogens is 1. The zero-order chi connectivity index (χ0) is 21.5. The van der Waals surface area contributed by atoms with E-state index in [4.69, 9.17) is 26.0 Å². The normalized spacial score (nSPS) is 11.5. The van der Waals surface area contributed by atoms with Gasteiger partial charge in [-0.3, -0.25) is 4.79 Å². The van der Waals surface area contributed by atoms with Crippen molar-refractivity contribution in [2.75, 3.05) is 12.4 Å². The van der Waals surface area contributed by atoms with Gasteiger partial charge in [0.05, 0.1) is 13.2 Å². The van der Waals surface area contributed by atoms with Crippen LogP contribution in [0.3, 0.4) is 0 Å². The van der Waals surface area contributed by atoms with E-state index in [2.05, 4.69) is 20.8 Å². The summed E-state index contributed by atoms with van der Waals surface area (Å²) >= 11 is 5.86. The molecule has 2 aromatic carbocycles. The Morgan fingerprint density at radius 2 is 1.87 bits per heavy atom. The molecule has 1 atom stereocenters. The molecular formula is C20H19ClN4O5. The first-order valence-corrected chi connectivity index (χ1v) is 9.31. The minimum absolute atomic E-state index is 0.0443. The Labute approximate surface area is 177 Å². The maximum atomic E-state index is 12.5. The fraction of sp³-hybridized carbons (Fsp3) is 0.200. The third-order valence-corrected chi connectivity index (χ3v) is 4.36. The van der Waals surface area contributed by atoms with E-state index in [1.807, 2.05) is 12.1 Å². The highest BCUT2D eigenvalue weighted by Gasteiger charge is 2.22. The van der Waals surface area contributed by atoms with Crippen LogP contribution in [-0.4, -0.2) is 34.4 Å². The number of carboxylic acid groups (broad SMARTS) is 1. The van der Waals surface area contributed by atoms with E-state index in [1.54, 1.807) is 43.5 Å². The van der Waals surface area contributed by atoms with Crippen LogP contribution in [0.15, 0.2) is 53.1 Å². The van der Waals surface area contributed by atoms with Crippen LogP contribution in [0, 0.1) is 0 Å². The molecule has 0 unspecified atom stereocenters. The fourth-order valence-electron chi connectivity index (χ4n) is 2.67. The lowest BCUT2D eigenvalue weighted by Crippen LogP contribution is -2.34. The predicted octanol–water partition coefficient (Wildman–Crippen LogP) is 3.46. The Kier molecular flexibility index (Phi) is 6.87. The van der Waals surface area contributed by atoms with Gasteiger partial charge in [0.1, 0.15) is 12.2 Å². The molecule has 2 amide bonds. The first kappa shape index (κ1) is 21.1. The van der Waals surface area contributed by atoms with Crippen molar-refractivity contribution in [2.45, 2.75) is 18.9 Å². The van der Waals surface area contributed by atoms with E-state index in [9.17, 15) is 9.59 Å². The van der Waals surface area contributed by atoms with Crippen LogP contribution in [-0.2, 0) is 17.6 Å². The van der Waals surface area contributed by atoms with Gasteiger partial charge in [0.25, 0.3) is 0 Å². The topological polar surface area (TPSA) is 127 Å². The quantitative estimate of drug-likeness (QED) is 0.499. The average molecular weight is 431 g/mol. The Balaban J connectivity index is 1.76. The molecule has 10 heteroatoms. The van der Waals surface area contributed by atoms with Crippen molar-refractivity contribution in [3.8, 4) is 5.75 Å². The number of benzene rings is 2. The molecule has 0 spiro atoms. The highest BCUT2D eigenvalue weighted by atomic mass is 35.5. The molecule has 1 heterocycles. The van der Waals surface area contributed by atoms with Crippen molar-refractivity contribution in [3.05, 3.63) is 70.8 Å². The molecule has 0 radical (unpaired) electrons. The smallest absolute Gasteiger partial charge is 0.319 e. The van der Waals surface area contributed by atoms with Gasteiger partial charge in [-0.05, 0) is 42.0 Å². The number of hydrogen-bond donors (Lipinski definition) is 3. The monoisotopic (exact) mass is 430 g/mol. The minimum Gasteiger partial charge on any atom is -0.497 e. The van der Waals surface area contributed by atoms with Crippen LogP contribution in [0.25, 0.3) is 0 Å². The second-order valence-electron chi connectivity index (χ2n) is 6.33. The van der Waals surface area contributed by atoms with Gasteiger partial charge in [0.2, 0.25) is 5.89 Å². The molecule has 156 valence electrons. The van der Waals surface area contributed by atoms with E-state index < -0.39 is 24.5 Å². The largest absolute Gasteiger partial charge is 0.497 e. The van der Waals surface area contributed by atoms with Crippen LogP contribution in [0.5, 0.6) is 5.75 Å². The number of nitrogens with zero attached hydrogens (tertiary/aromatic N) is 2. The molecule has 0 aliphatic heterocycles. The third kappa shape index (κ3) is 5.95. The van der Waals surface area contributed by atoms with E-state index >= 15 is 0 Å². The highest BCUT2D eigenvalue weighted by Crippen LogP contribution is 2.20. The summed E-state index contributed by atoms with van der Waals surface area (Å²) in [5, 5.41) is 18.8. The maximum Gasteiger partial charge on any atom is 0.319 e. The second kappa shape index (κ2) is 9.75. The summed E-state index contributed by atoms with van der Waals surface area (Å²) in [6.45, 7) is 0. The van der Waals surface area contributed by atoms with E-state index in [0.29, 0.717) is 22.9 Å². The van der Waals surface area contributed by atoms with Crippen molar-refractivity contribution >= 4 is 29.3 Å². The number of urea groups is 1. The molecule has 0 aliphatic carbocycles. The summed E-state index contributed by atoms with van der Waals surface area (Å²) in [7, 11) is 1.57. The SMILES string of the molecule is COc1ccc(C[C@H](NC(=O)Nc2ccc(Cl)cc2)c2noc(CC(=O)O)n2)cc1. The zero-order valence-corrected chi connectivity index (χ0v) is 16.7. The van der Waals surface area contributed by atoms with E-state index in [1.165, 1.54) is 0 Å². The van der Waals surface area contributed by atoms with Crippen LogP contribution >= 0.6 is 11.6 Å². The summed E-state index contributed by atoms with van der Waals surface area (Å²) in [5.41, 5.74) is 1.44. The Bertz CT molecular complexity index is 1000. The highest BCUT2D eigenvalue weighted by molar-refractivity contribution is 6.30. The van der Waals surface area contributed by atoms with Crippen molar-refractivity contribution in [1.29, 1.82) is 0 Å². The van der Waals surface area contributed by atoms with Crippen LogP contribution in [0.4, 0.5) is 10.5 Å². The summed E-state index contributed by atoms with van der Waals surface area (Å²) in [6.07, 6.45) is -0.0523. The first-order chi connectivity index (χ1) is 14.4. The molecule has 3 rings (SSSR count). The van der Waals surface area contributed by atoms with Crippen molar-refractivity contribution in [2.24, 2.45) is 0 Å². The Morgan fingerprint density at radius 3 is 2.50 bits per heavy atom. The molecule has 3 aromatic rings. The number of aliphatic carboxylic acids is 1. The number of carbonyl (C=O) groups excluding carboxylic acids is 1. The molecule has 1 aromatic heterocycles. The molecule has 3 N–H and O–H groups in total. The number of carboxylic acids is 1. The van der Waals surface area contributed by atoms with E-state index in [-0.39, 0.29) is 11.7 Å². The standard InChI is InChI=1S/C20H19ClN4O5/c1-29-15-8-2-12(3-9-15)10-16(19-24-17(30-25-19)11-18(26)27)23-20(28)22-14-6-4-13(21)5-7-14/h2-9,16H,10-11H2,1H3,(H,26,27)(H2,22,23,28)/t16-/m0/s1. The molecule has 0 saturated carbocycles. The molecule has 0 aliphatic rings. The van der Waals surface area contributed by atoms with Gasteiger partial charge in [-0.2, -0.15) is 4.98 Å². The summed E-state index contributed by atoms with van der Waals surface area (Å²) in [6, 6.07) is 12.8. The first-order valence-electron chi connectivity index (χ1n) is 8.93. The molecule has 0 bridgehead atoms. The number of nitrogens with one attached hydrogen (secondary N) is 2. The number of amides is 2. The average Bonchev–Trinajstić information content (AvgIpc) is 3.17. The molecular weight excluding hydrogens is 412 g/mol. The summed E-state index contributed by atoms with van der Waals surface area (Å²) < 4.78 is 10.1. The fourth-order valence-corrected chi connectivity index (χ4v) is 2.80. The molecule has 0 saturated heterocycles. The van der Waals surface area contributed by atoms with E-state index in [0.717, 1.165) is 5.56 Å². The van der Waals surface area contributed by atoms with Gasteiger partial charge in [-0.25, -0.2) is 4.79 Å². The van der Waals surface area contributed by atoms with Crippen LogP contribution in [0.2, 0.25) is 5.02 Å². The van der Waals surface area contributed by atoms with Crippen molar-refractivity contribution < 1.29 is 24.0 Å². The zero-order valence-electron chi connectivity index (χ0n) is 16.0. The number of methoxy groups -OCH3 is 1. The number of carbonyl (C=O) groups is 2. The van der Waals surface area contributed by atoms with Gasteiger partial charge in [-0.15, -0.1) is 0 Å². The van der Waals surface area contributed by atoms with Gasteiger partial charge < -0.3 is 25.0 Å². The van der Waals surface area contributed by atoms with Crippen LogP contribution in [0.1, 0.15) is 23.3 Å². The number of rotatable bonds is 8. The predicted molar refractivity (Wildman–Crippen MR) is 109 cm³/mol. The van der Waals surface area contributed by atoms with Gasteiger partial charge in [0.15, 0.2) is 5.82 Å². The van der Waals surface area contributed by atoms with Crippen molar-refractivity contribution in [1.82, 2.24) is 15.5 Å². The molecule has 30 heavy (non-hydrogen) atoms. The Hall–Kier alpha value is -3.59. The second-order valence-corrected chi connectivity index (χ2v) is 6.76. The molecule has 9 nitrogen and oxygen atoms in total. The van der Waals surface area contributed by atoms with Gasteiger partial charge >= 0.3 is 12.0 Å². The van der Waals surface area contributed by atoms with Crippen LogP contribution < -0.4 is 15.4 Å².